The number of rotatable bonds is 2. The van der Waals surface area contributed by atoms with Crippen LogP contribution in [0.25, 0.3) is 0 Å². The van der Waals surface area contributed by atoms with Gasteiger partial charge in [0.25, 0.3) is 5.69 Å². The van der Waals surface area contributed by atoms with Crippen molar-refractivity contribution in [2.45, 2.75) is 13.1 Å². The number of hydrogen-bond donors (Lipinski definition) is 0. The molecule has 5 nitrogen and oxygen atoms in total. The van der Waals surface area contributed by atoms with Crippen molar-refractivity contribution in [3.63, 3.8) is 0 Å². The van der Waals surface area contributed by atoms with Crippen LogP contribution in [0.4, 0.5) is 24.5 Å². The fourth-order valence-corrected chi connectivity index (χ4v) is 1.33. The second-order valence-corrected chi connectivity index (χ2v) is 3.53. The maximum atomic E-state index is 12.8. The maximum absolute atomic E-state index is 12.8. The van der Waals surface area contributed by atoms with Crippen molar-refractivity contribution in [3.05, 3.63) is 33.9 Å². The summed E-state index contributed by atoms with van der Waals surface area (Å²) in [7, 11) is 1.17. The summed E-state index contributed by atoms with van der Waals surface area (Å²) in [6, 6.07) is 2.24. The molecule has 0 fully saturated rings. The number of alkyl halides is 3. The van der Waals surface area contributed by atoms with E-state index in [1.165, 1.54) is 7.05 Å². The fourth-order valence-electron chi connectivity index (χ4n) is 1.33. The van der Waals surface area contributed by atoms with Crippen molar-refractivity contribution in [2.75, 3.05) is 11.9 Å². The van der Waals surface area contributed by atoms with Crippen molar-refractivity contribution in [3.8, 4) is 0 Å². The molecule has 0 saturated heterocycles. The second-order valence-electron chi connectivity index (χ2n) is 3.53. The Morgan fingerprint density at radius 3 is 2.33 bits per heavy atom. The predicted molar refractivity (Wildman–Crippen MR) is 57.2 cm³/mol. The van der Waals surface area contributed by atoms with Gasteiger partial charge in [0.1, 0.15) is 0 Å². The number of non-ortho nitro benzene ring substituents is 1. The average Bonchev–Trinajstić information content (AvgIpc) is 2.25. The van der Waals surface area contributed by atoms with Crippen LogP contribution in [0.5, 0.6) is 0 Å². The molecule has 1 aromatic rings. The molecule has 0 aromatic heterocycles. The number of nitro benzene ring substituents is 1. The highest BCUT2D eigenvalue weighted by Gasteiger charge is 2.36. The molecule has 0 aliphatic heterocycles. The Morgan fingerprint density at radius 1 is 1.39 bits per heavy atom. The van der Waals surface area contributed by atoms with Crippen molar-refractivity contribution >= 4 is 17.3 Å². The van der Waals surface area contributed by atoms with Gasteiger partial charge in [-0.05, 0) is 6.07 Å². The number of nitrogens with zero attached hydrogens (tertiary/aromatic N) is 2. The highest BCUT2D eigenvalue weighted by Crippen LogP contribution is 2.38. The van der Waals surface area contributed by atoms with E-state index in [0.717, 1.165) is 24.0 Å². The van der Waals surface area contributed by atoms with E-state index in [9.17, 15) is 28.1 Å². The number of hydrogen-bond acceptors (Lipinski definition) is 3. The van der Waals surface area contributed by atoms with E-state index < -0.39 is 33.9 Å². The molecule has 1 aromatic carbocycles. The van der Waals surface area contributed by atoms with Crippen LogP contribution in [0.2, 0.25) is 0 Å². The van der Waals surface area contributed by atoms with Gasteiger partial charge in [0.2, 0.25) is 5.91 Å². The molecular weight excluding hydrogens is 253 g/mol. The summed E-state index contributed by atoms with van der Waals surface area (Å²) in [5, 5.41) is 10.5. The molecule has 0 aliphatic carbocycles. The number of halogens is 3. The first-order valence-electron chi connectivity index (χ1n) is 4.74. The van der Waals surface area contributed by atoms with E-state index in [0.29, 0.717) is 6.07 Å². The first-order chi connectivity index (χ1) is 8.14. The molecule has 0 aliphatic rings. The van der Waals surface area contributed by atoms with E-state index >= 15 is 0 Å². The van der Waals surface area contributed by atoms with E-state index in [1.807, 2.05) is 0 Å². The fraction of sp³-hybridized carbons (Fsp3) is 0.300. The highest BCUT2D eigenvalue weighted by molar-refractivity contribution is 5.92. The minimum absolute atomic E-state index is 0.411. The summed E-state index contributed by atoms with van der Waals surface area (Å²) < 4.78 is 38.3. The largest absolute Gasteiger partial charge is 0.418 e. The van der Waals surface area contributed by atoms with Crippen molar-refractivity contribution in [1.29, 1.82) is 0 Å². The van der Waals surface area contributed by atoms with Crippen LogP contribution in [-0.2, 0) is 11.0 Å². The van der Waals surface area contributed by atoms with Gasteiger partial charge in [0.05, 0.1) is 16.2 Å². The van der Waals surface area contributed by atoms with Gasteiger partial charge in [0, 0.05) is 26.1 Å². The minimum Gasteiger partial charge on any atom is -0.315 e. The van der Waals surface area contributed by atoms with Gasteiger partial charge in [-0.25, -0.2) is 0 Å². The molecule has 1 rings (SSSR count). The van der Waals surface area contributed by atoms with Gasteiger partial charge in [-0.15, -0.1) is 0 Å². The lowest BCUT2D eigenvalue weighted by Gasteiger charge is -2.20. The molecule has 8 heteroatoms. The molecule has 0 saturated carbocycles. The number of carbonyl (C=O) groups is 1. The Labute approximate surface area is 100.0 Å². The average molecular weight is 262 g/mol. The van der Waals surface area contributed by atoms with Gasteiger partial charge in [-0.3, -0.25) is 14.9 Å². The number of benzene rings is 1. The lowest BCUT2D eigenvalue weighted by Crippen LogP contribution is -2.26. The first kappa shape index (κ1) is 13.9. The van der Waals surface area contributed by atoms with Crippen LogP contribution >= 0.6 is 0 Å². The van der Waals surface area contributed by atoms with E-state index in [1.54, 1.807) is 0 Å². The zero-order chi connectivity index (χ0) is 14.1. The summed E-state index contributed by atoms with van der Waals surface area (Å²) in [6.45, 7) is 1.10. The molecular formula is C10H9F3N2O3. The van der Waals surface area contributed by atoms with Crippen LogP contribution < -0.4 is 4.90 Å². The zero-order valence-electron chi connectivity index (χ0n) is 9.49. The summed E-state index contributed by atoms with van der Waals surface area (Å²) in [4.78, 5) is 21.4. The lowest BCUT2D eigenvalue weighted by atomic mass is 10.1. The Balaban J connectivity index is 3.44. The molecule has 0 unspecified atom stereocenters. The number of nitro groups is 1. The topological polar surface area (TPSA) is 63.5 Å². The summed E-state index contributed by atoms with van der Waals surface area (Å²) in [5.41, 5.74) is -2.31. The second kappa shape index (κ2) is 4.63. The molecule has 0 radical (unpaired) electrons. The summed E-state index contributed by atoms with van der Waals surface area (Å²) >= 11 is 0. The standard InChI is InChI=1S/C10H9F3N2O3/c1-6(16)14(2)9-4-3-7(15(17)18)5-8(9)10(11,12)13/h3-5H,1-2H3. The zero-order valence-corrected chi connectivity index (χ0v) is 9.49. The monoisotopic (exact) mass is 262 g/mol. The van der Waals surface area contributed by atoms with E-state index in [-0.39, 0.29) is 0 Å². The molecule has 1 amide bonds. The lowest BCUT2D eigenvalue weighted by molar-refractivity contribution is -0.385. The van der Waals surface area contributed by atoms with Crippen molar-refractivity contribution in [2.24, 2.45) is 0 Å². The van der Waals surface area contributed by atoms with Crippen LogP contribution in [-0.4, -0.2) is 17.9 Å². The molecule has 0 atom stereocenters. The van der Waals surface area contributed by atoms with Crippen LogP contribution in [0.15, 0.2) is 18.2 Å². The Morgan fingerprint density at radius 2 is 1.94 bits per heavy atom. The van der Waals surface area contributed by atoms with Crippen LogP contribution in [0, 0.1) is 10.1 Å². The van der Waals surface area contributed by atoms with E-state index in [2.05, 4.69) is 0 Å². The van der Waals surface area contributed by atoms with Gasteiger partial charge in [-0.2, -0.15) is 13.2 Å². The maximum Gasteiger partial charge on any atom is 0.418 e. The smallest absolute Gasteiger partial charge is 0.315 e. The highest BCUT2D eigenvalue weighted by atomic mass is 19.4. The quantitative estimate of drug-likeness (QED) is 0.607. The molecule has 0 heterocycles. The van der Waals surface area contributed by atoms with E-state index in [4.69, 9.17) is 0 Å². The first-order valence-corrected chi connectivity index (χ1v) is 4.74. The van der Waals surface area contributed by atoms with Gasteiger partial charge in [-0.1, -0.05) is 0 Å². The van der Waals surface area contributed by atoms with Crippen molar-refractivity contribution in [1.82, 2.24) is 0 Å². The van der Waals surface area contributed by atoms with Gasteiger partial charge < -0.3 is 4.90 Å². The predicted octanol–water partition coefficient (Wildman–Crippen LogP) is 2.60. The SMILES string of the molecule is CC(=O)N(C)c1ccc([N+](=O)[O-])cc1C(F)(F)F. The number of carbonyl (C=O) groups excluding carboxylic acids is 1. The van der Waals surface area contributed by atoms with Crippen molar-refractivity contribution < 1.29 is 22.9 Å². The normalized spacial score (nSPS) is 11.2. The third-order valence-corrected chi connectivity index (χ3v) is 2.33. The van der Waals surface area contributed by atoms with Gasteiger partial charge >= 0.3 is 6.18 Å². The Bertz CT molecular complexity index is 500. The molecule has 0 N–H and O–H groups in total. The minimum atomic E-state index is -4.77. The molecule has 98 valence electrons. The summed E-state index contributed by atoms with van der Waals surface area (Å²) in [6.07, 6.45) is -4.77. The molecule has 0 spiro atoms. The van der Waals surface area contributed by atoms with Gasteiger partial charge in [0.15, 0.2) is 0 Å². The van der Waals surface area contributed by atoms with Crippen LogP contribution in [0.1, 0.15) is 12.5 Å². The Kier molecular flexibility index (Phi) is 3.59. The van der Waals surface area contributed by atoms with Crippen LogP contribution in [0.3, 0.4) is 0 Å². The third-order valence-electron chi connectivity index (χ3n) is 2.33. The third kappa shape index (κ3) is 2.76. The molecule has 0 bridgehead atoms. The summed E-state index contributed by atoms with van der Waals surface area (Å²) in [5.74, 6) is -0.602. The Hall–Kier alpha value is -2.12. The molecule has 18 heavy (non-hydrogen) atoms. The number of anilines is 1. The number of amides is 1.